The van der Waals surface area contributed by atoms with Crippen LogP contribution in [0.3, 0.4) is 0 Å². The van der Waals surface area contributed by atoms with Crippen LogP contribution in [0, 0.1) is 0 Å². The molecule has 7 nitrogen and oxygen atoms in total. The number of amidine groups is 1. The molecule has 1 N–H and O–H groups in total. The highest BCUT2D eigenvalue weighted by atomic mass is 32.2. The molecule has 2 aliphatic rings. The third-order valence-corrected chi connectivity index (χ3v) is 7.85. The molecule has 4 aromatic rings. The number of hydrazone groups is 1. The second-order valence-electron chi connectivity index (χ2n) is 9.18. The number of fused-ring (bicyclic) bond motifs is 2. The van der Waals surface area contributed by atoms with Crippen LogP contribution < -0.4 is 15.0 Å². The van der Waals surface area contributed by atoms with E-state index in [1.165, 1.54) is 12.1 Å². The summed E-state index contributed by atoms with van der Waals surface area (Å²) in [5.74, 6) is 0.481. The van der Waals surface area contributed by atoms with E-state index in [0.29, 0.717) is 17.9 Å². The average molecular weight is 535 g/mol. The number of benzene rings is 4. The van der Waals surface area contributed by atoms with Crippen LogP contribution in [-0.4, -0.2) is 29.8 Å². The Morgan fingerprint density at radius 3 is 2.18 bits per heavy atom. The van der Waals surface area contributed by atoms with Gasteiger partial charge in [0, 0.05) is 16.2 Å². The van der Waals surface area contributed by atoms with Crippen molar-refractivity contribution >= 4 is 46.5 Å². The van der Waals surface area contributed by atoms with Crippen molar-refractivity contribution in [3.8, 4) is 5.75 Å². The van der Waals surface area contributed by atoms with Gasteiger partial charge in [-0.15, -0.1) is 0 Å². The zero-order valence-electron chi connectivity index (χ0n) is 21.3. The van der Waals surface area contributed by atoms with Crippen LogP contribution >= 0.6 is 11.8 Å². The Labute approximate surface area is 231 Å². The highest BCUT2D eigenvalue weighted by Gasteiger charge is 2.38. The largest absolute Gasteiger partial charge is 0.495 e. The van der Waals surface area contributed by atoms with Crippen molar-refractivity contribution in [3.63, 3.8) is 0 Å². The van der Waals surface area contributed by atoms with Crippen molar-refractivity contribution < 1.29 is 14.3 Å². The topological polar surface area (TPSA) is 74.2 Å². The number of rotatable bonds is 5. The standard InChI is InChI=1S/C31H26N4O3S/c1-38-26-16-8-5-13-22(26)32-30(36)20-31(37)35-25(21-11-3-2-4-12-21)19-29(33-35)34-23-14-6-9-17-27(23)39-28-18-10-7-15-24(28)34/h2-18,25H,19-20H2,1H3,(H,32,36)/t25-/m0/s1. The Morgan fingerprint density at radius 2 is 1.49 bits per heavy atom. The van der Waals surface area contributed by atoms with Crippen molar-refractivity contribution in [2.24, 2.45) is 5.10 Å². The lowest BCUT2D eigenvalue weighted by atomic mass is 10.0. The number of amides is 2. The van der Waals surface area contributed by atoms with Crippen molar-refractivity contribution in [1.29, 1.82) is 0 Å². The van der Waals surface area contributed by atoms with Gasteiger partial charge in [-0.25, -0.2) is 5.01 Å². The summed E-state index contributed by atoms with van der Waals surface area (Å²) in [6.45, 7) is 0. The first kappa shape index (κ1) is 24.8. The first-order valence-electron chi connectivity index (χ1n) is 12.7. The van der Waals surface area contributed by atoms with Crippen molar-refractivity contribution in [3.05, 3.63) is 109 Å². The first-order chi connectivity index (χ1) is 19.1. The van der Waals surface area contributed by atoms with Crippen LogP contribution in [0.2, 0.25) is 0 Å². The number of hydrogen-bond donors (Lipinski definition) is 1. The van der Waals surface area contributed by atoms with Crippen LogP contribution in [0.25, 0.3) is 0 Å². The van der Waals surface area contributed by atoms with Crippen molar-refractivity contribution in [1.82, 2.24) is 5.01 Å². The van der Waals surface area contributed by atoms with Gasteiger partial charge in [0.15, 0.2) is 0 Å². The molecular formula is C31H26N4O3S. The van der Waals surface area contributed by atoms with Crippen LogP contribution in [0.4, 0.5) is 17.1 Å². The van der Waals surface area contributed by atoms with Gasteiger partial charge in [0.2, 0.25) is 5.91 Å². The quantitative estimate of drug-likeness (QED) is 0.292. The van der Waals surface area contributed by atoms with E-state index in [2.05, 4.69) is 34.5 Å². The number of para-hydroxylation sites is 4. The lowest BCUT2D eigenvalue weighted by Gasteiger charge is -2.32. The van der Waals surface area contributed by atoms with Gasteiger partial charge in [-0.1, -0.05) is 78.5 Å². The molecule has 0 unspecified atom stereocenters. The van der Waals surface area contributed by atoms with Gasteiger partial charge in [0.05, 0.1) is 30.2 Å². The highest BCUT2D eigenvalue weighted by molar-refractivity contribution is 7.99. The molecule has 2 aliphatic heterocycles. The number of nitrogens with zero attached hydrogens (tertiary/aromatic N) is 3. The summed E-state index contributed by atoms with van der Waals surface area (Å²) in [4.78, 5) is 30.9. The fraction of sp³-hybridized carbons (Fsp3) is 0.129. The van der Waals surface area contributed by atoms with E-state index in [1.807, 2.05) is 60.7 Å². The van der Waals surface area contributed by atoms with Gasteiger partial charge in [-0.2, -0.15) is 5.10 Å². The third kappa shape index (κ3) is 4.86. The second-order valence-corrected chi connectivity index (χ2v) is 10.3. The molecule has 0 bridgehead atoms. The summed E-state index contributed by atoms with van der Waals surface area (Å²) in [5.41, 5.74) is 3.52. The second kappa shape index (κ2) is 10.7. The molecule has 8 heteroatoms. The molecular weight excluding hydrogens is 508 g/mol. The van der Waals surface area contributed by atoms with E-state index in [4.69, 9.17) is 9.84 Å². The molecule has 0 fully saturated rings. The minimum Gasteiger partial charge on any atom is -0.495 e. The number of ether oxygens (including phenoxy) is 1. The summed E-state index contributed by atoms with van der Waals surface area (Å²) in [6, 6.07) is 33.0. The molecule has 0 aliphatic carbocycles. The first-order valence-corrected chi connectivity index (χ1v) is 13.5. The van der Waals surface area contributed by atoms with Crippen LogP contribution in [0.1, 0.15) is 24.4 Å². The zero-order valence-corrected chi connectivity index (χ0v) is 22.1. The zero-order chi connectivity index (χ0) is 26.8. The SMILES string of the molecule is COc1ccccc1NC(=O)CC(=O)N1N=C(N2c3ccccc3Sc3ccccc32)C[C@H]1c1ccccc1. The van der Waals surface area contributed by atoms with E-state index in [-0.39, 0.29) is 18.4 Å². The fourth-order valence-electron chi connectivity index (χ4n) is 4.94. The lowest BCUT2D eigenvalue weighted by Crippen LogP contribution is -2.30. The van der Waals surface area contributed by atoms with Crippen LogP contribution in [-0.2, 0) is 9.59 Å². The number of methoxy groups -OCH3 is 1. The normalized spacial score (nSPS) is 15.7. The molecule has 194 valence electrons. The molecule has 39 heavy (non-hydrogen) atoms. The number of carbonyl (C=O) groups is 2. The Hall–Kier alpha value is -4.56. The van der Waals surface area contributed by atoms with E-state index < -0.39 is 5.91 Å². The van der Waals surface area contributed by atoms with Gasteiger partial charge in [0.1, 0.15) is 18.0 Å². The Kier molecular flexibility index (Phi) is 6.77. The molecule has 4 aromatic carbocycles. The molecule has 2 heterocycles. The van der Waals surface area contributed by atoms with Gasteiger partial charge in [-0.3, -0.25) is 14.5 Å². The minimum atomic E-state index is -0.426. The van der Waals surface area contributed by atoms with Gasteiger partial charge in [-0.05, 0) is 42.0 Å². The van der Waals surface area contributed by atoms with Gasteiger partial charge in [0.25, 0.3) is 5.91 Å². The number of carbonyl (C=O) groups excluding carboxylic acids is 2. The predicted octanol–water partition coefficient (Wildman–Crippen LogP) is 6.61. The summed E-state index contributed by atoms with van der Waals surface area (Å²) >= 11 is 1.72. The maximum absolute atomic E-state index is 13.6. The van der Waals surface area contributed by atoms with Crippen molar-refractivity contribution in [2.45, 2.75) is 28.7 Å². The summed E-state index contributed by atoms with van der Waals surface area (Å²) in [6.07, 6.45) is 0.165. The summed E-state index contributed by atoms with van der Waals surface area (Å²) in [5, 5.41) is 9.14. The molecule has 1 atom stereocenters. The van der Waals surface area contributed by atoms with E-state index in [1.54, 1.807) is 30.0 Å². The monoisotopic (exact) mass is 534 g/mol. The van der Waals surface area contributed by atoms with E-state index >= 15 is 0 Å². The number of hydrogen-bond acceptors (Lipinski definition) is 6. The highest BCUT2D eigenvalue weighted by Crippen LogP contribution is 2.49. The molecule has 0 saturated heterocycles. The van der Waals surface area contributed by atoms with E-state index in [0.717, 1.165) is 32.6 Å². The van der Waals surface area contributed by atoms with Crippen molar-refractivity contribution in [2.75, 3.05) is 17.3 Å². The molecule has 0 aromatic heterocycles. The molecule has 0 spiro atoms. The average Bonchev–Trinajstić information content (AvgIpc) is 3.42. The smallest absolute Gasteiger partial charge is 0.252 e. The van der Waals surface area contributed by atoms with E-state index in [9.17, 15) is 9.59 Å². The number of nitrogens with one attached hydrogen (secondary N) is 1. The summed E-state index contributed by atoms with van der Waals surface area (Å²) < 4.78 is 5.33. The number of anilines is 3. The fourth-order valence-corrected chi connectivity index (χ4v) is 6.00. The van der Waals surface area contributed by atoms with Crippen LogP contribution in [0.15, 0.2) is 118 Å². The summed E-state index contributed by atoms with van der Waals surface area (Å²) in [7, 11) is 1.54. The third-order valence-electron chi connectivity index (χ3n) is 6.72. The van der Waals surface area contributed by atoms with Gasteiger partial charge < -0.3 is 10.1 Å². The van der Waals surface area contributed by atoms with Crippen LogP contribution in [0.5, 0.6) is 5.75 Å². The van der Waals surface area contributed by atoms with Gasteiger partial charge >= 0.3 is 0 Å². The molecule has 0 saturated carbocycles. The molecule has 0 radical (unpaired) electrons. The maximum atomic E-state index is 13.6. The molecule has 2 amide bonds. The lowest BCUT2D eigenvalue weighted by molar-refractivity contribution is -0.136. The predicted molar refractivity (Wildman–Crippen MR) is 153 cm³/mol. The molecule has 6 rings (SSSR count). The maximum Gasteiger partial charge on any atom is 0.252 e. The Morgan fingerprint density at radius 1 is 0.872 bits per heavy atom. The Balaban J connectivity index is 1.33. The minimum absolute atomic E-state index is 0.332. The Bertz CT molecular complexity index is 1530.